The van der Waals surface area contributed by atoms with Crippen molar-refractivity contribution < 1.29 is 17.4 Å². The fourth-order valence-electron chi connectivity index (χ4n) is 1.69. The van der Waals surface area contributed by atoms with E-state index >= 15 is 0 Å². The fourth-order valence-corrected chi connectivity index (χ4v) is 2.28. The van der Waals surface area contributed by atoms with Gasteiger partial charge in [-0.05, 0) is 48.0 Å². The molecule has 0 aliphatic carbocycles. The smallest absolute Gasteiger partial charge is 0.306 e. The lowest BCUT2D eigenvalue weighted by molar-refractivity contribution is 0.104. The molecular formula is C16H13ClO4S. The number of allylic oxidation sites excluding steroid dienone is 1. The molecule has 0 bridgehead atoms. The monoisotopic (exact) mass is 336 g/mol. The van der Waals surface area contributed by atoms with Gasteiger partial charge in [-0.2, -0.15) is 8.42 Å². The van der Waals surface area contributed by atoms with Gasteiger partial charge in [0.25, 0.3) is 0 Å². The van der Waals surface area contributed by atoms with Crippen molar-refractivity contribution in [3.63, 3.8) is 0 Å². The number of carbonyl (C=O) groups excluding carboxylic acids is 1. The van der Waals surface area contributed by atoms with Crippen molar-refractivity contribution in [1.29, 1.82) is 0 Å². The Labute approximate surface area is 134 Å². The molecule has 2 aromatic carbocycles. The number of hydrogen-bond acceptors (Lipinski definition) is 4. The number of hydrogen-bond donors (Lipinski definition) is 0. The summed E-state index contributed by atoms with van der Waals surface area (Å²) in [4.78, 5) is 11.9. The Kier molecular flexibility index (Phi) is 5.00. The van der Waals surface area contributed by atoms with Crippen LogP contribution in [0.4, 0.5) is 0 Å². The Balaban J connectivity index is 2.07. The first-order valence-corrected chi connectivity index (χ1v) is 8.50. The number of ketones is 1. The highest BCUT2D eigenvalue weighted by Gasteiger charge is 2.04. The van der Waals surface area contributed by atoms with Crippen molar-refractivity contribution in [2.75, 3.05) is 6.26 Å². The minimum absolute atomic E-state index is 0.145. The van der Waals surface area contributed by atoms with E-state index in [4.69, 9.17) is 15.8 Å². The molecule has 0 saturated carbocycles. The molecule has 6 heteroatoms. The van der Waals surface area contributed by atoms with Crippen LogP contribution >= 0.6 is 11.6 Å². The summed E-state index contributed by atoms with van der Waals surface area (Å²) in [6.07, 6.45) is 4.06. The second-order valence-electron chi connectivity index (χ2n) is 4.56. The van der Waals surface area contributed by atoms with Gasteiger partial charge in [-0.3, -0.25) is 4.79 Å². The fraction of sp³-hybridized carbons (Fsp3) is 0.0625. The summed E-state index contributed by atoms with van der Waals surface area (Å²) >= 11 is 5.77. The summed E-state index contributed by atoms with van der Waals surface area (Å²) in [6, 6.07) is 13.0. The van der Waals surface area contributed by atoms with E-state index in [-0.39, 0.29) is 11.5 Å². The SMILES string of the molecule is CS(=O)(=O)Oc1ccc(C=CC(=O)c2ccc(Cl)cc2)cc1. The first-order chi connectivity index (χ1) is 10.3. The zero-order valence-corrected chi connectivity index (χ0v) is 13.3. The Morgan fingerprint density at radius 2 is 1.64 bits per heavy atom. The van der Waals surface area contributed by atoms with E-state index in [0.29, 0.717) is 10.6 Å². The molecule has 0 aromatic heterocycles. The van der Waals surface area contributed by atoms with E-state index in [9.17, 15) is 13.2 Å². The predicted octanol–water partition coefficient (Wildman–Crippen LogP) is 3.57. The molecule has 0 unspecified atom stereocenters. The van der Waals surface area contributed by atoms with Crippen LogP contribution in [0.3, 0.4) is 0 Å². The quantitative estimate of drug-likeness (QED) is 0.475. The molecule has 4 nitrogen and oxygen atoms in total. The molecule has 0 heterocycles. The third kappa shape index (κ3) is 5.02. The van der Waals surface area contributed by atoms with E-state index in [0.717, 1.165) is 11.8 Å². The number of rotatable bonds is 5. The molecule has 0 radical (unpaired) electrons. The van der Waals surface area contributed by atoms with Crippen LogP contribution in [0.15, 0.2) is 54.6 Å². The van der Waals surface area contributed by atoms with E-state index in [1.807, 2.05) is 0 Å². The van der Waals surface area contributed by atoms with Crippen LogP contribution in [0.2, 0.25) is 5.02 Å². The molecule has 0 saturated heterocycles. The number of halogens is 1. The van der Waals surface area contributed by atoms with Gasteiger partial charge in [0, 0.05) is 10.6 Å². The van der Waals surface area contributed by atoms with Crippen molar-refractivity contribution in [2.45, 2.75) is 0 Å². The molecule has 0 N–H and O–H groups in total. The predicted molar refractivity (Wildman–Crippen MR) is 86.7 cm³/mol. The molecule has 0 aliphatic heterocycles. The highest BCUT2D eigenvalue weighted by molar-refractivity contribution is 7.86. The minimum atomic E-state index is -3.54. The van der Waals surface area contributed by atoms with Crippen molar-refractivity contribution in [2.24, 2.45) is 0 Å². The maximum atomic E-state index is 11.9. The lowest BCUT2D eigenvalue weighted by Crippen LogP contribution is -2.05. The topological polar surface area (TPSA) is 60.4 Å². The number of benzene rings is 2. The summed E-state index contributed by atoms with van der Waals surface area (Å²) in [5, 5.41) is 0.571. The summed E-state index contributed by atoms with van der Waals surface area (Å²) in [5.41, 5.74) is 1.29. The third-order valence-electron chi connectivity index (χ3n) is 2.68. The number of carbonyl (C=O) groups is 1. The Morgan fingerprint density at radius 1 is 1.05 bits per heavy atom. The zero-order valence-electron chi connectivity index (χ0n) is 11.7. The summed E-state index contributed by atoms with van der Waals surface area (Å²) in [6.45, 7) is 0. The molecule has 22 heavy (non-hydrogen) atoms. The van der Waals surface area contributed by atoms with Crippen molar-refractivity contribution >= 4 is 33.6 Å². The van der Waals surface area contributed by atoms with Gasteiger partial charge < -0.3 is 4.18 Å². The zero-order chi connectivity index (χ0) is 16.2. The largest absolute Gasteiger partial charge is 0.383 e. The summed E-state index contributed by atoms with van der Waals surface area (Å²) < 4.78 is 26.7. The average molecular weight is 337 g/mol. The highest BCUT2D eigenvalue weighted by atomic mass is 35.5. The van der Waals surface area contributed by atoms with Gasteiger partial charge in [0.2, 0.25) is 0 Å². The van der Waals surface area contributed by atoms with Crippen LogP contribution in [0, 0.1) is 0 Å². The van der Waals surface area contributed by atoms with E-state index in [1.54, 1.807) is 42.5 Å². The third-order valence-corrected chi connectivity index (χ3v) is 3.43. The lowest BCUT2D eigenvalue weighted by Gasteiger charge is -2.02. The van der Waals surface area contributed by atoms with E-state index in [2.05, 4.69) is 0 Å². The molecule has 2 aromatic rings. The molecule has 0 atom stereocenters. The molecule has 0 amide bonds. The van der Waals surface area contributed by atoms with Gasteiger partial charge >= 0.3 is 10.1 Å². The van der Waals surface area contributed by atoms with Gasteiger partial charge in [-0.15, -0.1) is 0 Å². The van der Waals surface area contributed by atoms with Crippen LogP contribution in [-0.4, -0.2) is 20.5 Å². The van der Waals surface area contributed by atoms with Crippen molar-refractivity contribution in [3.05, 3.63) is 70.8 Å². The van der Waals surface area contributed by atoms with Crippen LogP contribution in [0.1, 0.15) is 15.9 Å². The molecule has 0 aliphatic rings. The van der Waals surface area contributed by atoms with Crippen LogP contribution < -0.4 is 4.18 Å². The van der Waals surface area contributed by atoms with E-state index in [1.165, 1.54) is 18.2 Å². The highest BCUT2D eigenvalue weighted by Crippen LogP contribution is 2.15. The van der Waals surface area contributed by atoms with Gasteiger partial charge in [-0.25, -0.2) is 0 Å². The average Bonchev–Trinajstić information content (AvgIpc) is 2.45. The van der Waals surface area contributed by atoms with E-state index < -0.39 is 10.1 Å². The Bertz CT molecular complexity index is 791. The minimum Gasteiger partial charge on any atom is -0.383 e. The van der Waals surface area contributed by atoms with Crippen LogP contribution in [-0.2, 0) is 10.1 Å². The first kappa shape index (κ1) is 16.3. The second-order valence-corrected chi connectivity index (χ2v) is 6.57. The molecule has 2 rings (SSSR count). The molecule has 114 valence electrons. The van der Waals surface area contributed by atoms with Crippen molar-refractivity contribution in [3.8, 4) is 5.75 Å². The molecular weight excluding hydrogens is 324 g/mol. The standard InChI is InChI=1S/C16H13ClO4S/c1-22(19,20)21-15-9-2-12(3-10-15)4-11-16(18)13-5-7-14(17)8-6-13/h2-11H,1H3. The Morgan fingerprint density at radius 3 is 2.18 bits per heavy atom. The molecule has 0 spiro atoms. The van der Waals surface area contributed by atoms with Crippen LogP contribution in [0.5, 0.6) is 5.75 Å². The van der Waals surface area contributed by atoms with Gasteiger partial charge in [-0.1, -0.05) is 29.8 Å². The second kappa shape index (κ2) is 6.77. The first-order valence-electron chi connectivity index (χ1n) is 6.31. The normalized spacial score (nSPS) is 11.5. The maximum absolute atomic E-state index is 11.9. The Hall–Kier alpha value is -2.11. The molecule has 0 fully saturated rings. The maximum Gasteiger partial charge on any atom is 0.306 e. The van der Waals surface area contributed by atoms with Gasteiger partial charge in [0.15, 0.2) is 5.78 Å². The van der Waals surface area contributed by atoms with Crippen molar-refractivity contribution in [1.82, 2.24) is 0 Å². The summed E-state index contributed by atoms with van der Waals surface area (Å²) in [7, 11) is -3.54. The van der Waals surface area contributed by atoms with Crippen LogP contribution in [0.25, 0.3) is 6.08 Å². The van der Waals surface area contributed by atoms with Gasteiger partial charge in [0.05, 0.1) is 6.26 Å². The summed E-state index contributed by atoms with van der Waals surface area (Å²) in [5.74, 6) is 0.0804. The lowest BCUT2D eigenvalue weighted by atomic mass is 10.1. The van der Waals surface area contributed by atoms with Gasteiger partial charge in [0.1, 0.15) is 5.75 Å².